The summed E-state index contributed by atoms with van der Waals surface area (Å²) >= 11 is 0. The van der Waals surface area contributed by atoms with Gasteiger partial charge in [0, 0.05) is 0 Å². The van der Waals surface area contributed by atoms with Crippen LogP contribution in [0.5, 0.6) is 0 Å². The van der Waals surface area contributed by atoms with Crippen molar-refractivity contribution in [1.82, 2.24) is 0 Å². The van der Waals surface area contributed by atoms with Crippen molar-refractivity contribution in [3.63, 3.8) is 0 Å². The fourth-order valence-electron chi connectivity index (χ4n) is 1.27. The summed E-state index contributed by atoms with van der Waals surface area (Å²) in [5.41, 5.74) is 9.12. The standard InChI is InChI=1S/C10H20N2O2/c1-3-4-5-6-7-10(2,8(11)13)9(12)14/h3-7H2,1-2H3,(H2,11,13)(H2,12,14). The van der Waals surface area contributed by atoms with E-state index in [1.165, 1.54) is 6.92 Å². The lowest BCUT2D eigenvalue weighted by atomic mass is 9.83. The zero-order valence-corrected chi connectivity index (χ0v) is 9.01. The Labute approximate surface area is 85.0 Å². The topological polar surface area (TPSA) is 86.2 Å². The van der Waals surface area contributed by atoms with Gasteiger partial charge in [-0.15, -0.1) is 0 Å². The number of carbonyl (C=O) groups excluding carboxylic acids is 2. The molecule has 0 aliphatic heterocycles. The highest BCUT2D eigenvalue weighted by atomic mass is 16.2. The van der Waals surface area contributed by atoms with Gasteiger partial charge < -0.3 is 11.5 Å². The Kier molecular flexibility index (Phi) is 5.20. The smallest absolute Gasteiger partial charge is 0.232 e. The quantitative estimate of drug-likeness (QED) is 0.473. The highest BCUT2D eigenvalue weighted by molar-refractivity contribution is 6.03. The number of amides is 2. The van der Waals surface area contributed by atoms with E-state index in [-0.39, 0.29) is 0 Å². The monoisotopic (exact) mass is 200 g/mol. The molecule has 0 aliphatic rings. The predicted molar refractivity (Wildman–Crippen MR) is 55.3 cm³/mol. The molecule has 0 unspecified atom stereocenters. The molecule has 0 fully saturated rings. The first-order chi connectivity index (χ1) is 6.45. The van der Waals surface area contributed by atoms with Crippen molar-refractivity contribution in [2.75, 3.05) is 0 Å². The van der Waals surface area contributed by atoms with E-state index in [1.54, 1.807) is 0 Å². The van der Waals surface area contributed by atoms with Gasteiger partial charge in [0.2, 0.25) is 11.8 Å². The van der Waals surface area contributed by atoms with Crippen molar-refractivity contribution in [2.24, 2.45) is 16.9 Å². The first-order valence-electron chi connectivity index (χ1n) is 5.05. The largest absolute Gasteiger partial charge is 0.369 e. The van der Waals surface area contributed by atoms with Crippen molar-refractivity contribution < 1.29 is 9.59 Å². The summed E-state index contributed by atoms with van der Waals surface area (Å²) in [6.07, 6.45) is 4.50. The SMILES string of the molecule is CCCCCCC(C)(C(N)=O)C(N)=O. The lowest BCUT2D eigenvalue weighted by Crippen LogP contribution is -2.45. The summed E-state index contributed by atoms with van der Waals surface area (Å²) in [5.74, 6) is -1.25. The highest BCUT2D eigenvalue weighted by Crippen LogP contribution is 2.23. The van der Waals surface area contributed by atoms with E-state index in [0.29, 0.717) is 6.42 Å². The molecule has 0 aromatic heterocycles. The Hall–Kier alpha value is -1.06. The minimum atomic E-state index is -1.17. The van der Waals surface area contributed by atoms with E-state index < -0.39 is 17.2 Å². The summed E-state index contributed by atoms with van der Waals surface area (Å²) in [4.78, 5) is 22.1. The van der Waals surface area contributed by atoms with Crippen LogP contribution in [0.15, 0.2) is 0 Å². The number of rotatable bonds is 7. The average molecular weight is 200 g/mol. The fraction of sp³-hybridized carbons (Fsp3) is 0.800. The summed E-state index contributed by atoms with van der Waals surface area (Å²) in [7, 11) is 0. The second-order valence-electron chi connectivity index (χ2n) is 3.87. The van der Waals surface area contributed by atoms with Crippen molar-refractivity contribution in [3.8, 4) is 0 Å². The van der Waals surface area contributed by atoms with E-state index in [0.717, 1.165) is 25.7 Å². The molecule has 0 bridgehead atoms. The molecule has 14 heavy (non-hydrogen) atoms. The Morgan fingerprint density at radius 3 is 1.93 bits per heavy atom. The van der Waals surface area contributed by atoms with Gasteiger partial charge in [0.1, 0.15) is 5.41 Å². The van der Waals surface area contributed by atoms with Crippen molar-refractivity contribution in [2.45, 2.75) is 46.0 Å². The molecule has 0 spiro atoms. The minimum Gasteiger partial charge on any atom is -0.369 e. The van der Waals surface area contributed by atoms with Crippen LogP contribution in [0.4, 0.5) is 0 Å². The van der Waals surface area contributed by atoms with Gasteiger partial charge in [0.05, 0.1) is 0 Å². The van der Waals surface area contributed by atoms with Gasteiger partial charge in [0.15, 0.2) is 0 Å². The van der Waals surface area contributed by atoms with Gasteiger partial charge in [0.25, 0.3) is 0 Å². The maximum atomic E-state index is 11.0. The number of carbonyl (C=O) groups is 2. The molecule has 4 N–H and O–H groups in total. The van der Waals surface area contributed by atoms with Crippen LogP contribution in [0.25, 0.3) is 0 Å². The first-order valence-corrected chi connectivity index (χ1v) is 5.05. The van der Waals surface area contributed by atoms with Crippen LogP contribution in [0.2, 0.25) is 0 Å². The molecule has 0 saturated heterocycles. The minimum absolute atomic E-state index is 0.456. The van der Waals surface area contributed by atoms with Crippen molar-refractivity contribution >= 4 is 11.8 Å². The van der Waals surface area contributed by atoms with Crippen LogP contribution in [-0.4, -0.2) is 11.8 Å². The van der Waals surface area contributed by atoms with Crippen LogP contribution in [0, 0.1) is 5.41 Å². The van der Waals surface area contributed by atoms with Crippen LogP contribution in [0.3, 0.4) is 0 Å². The molecular formula is C10H20N2O2. The third-order valence-corrected chi connectivity index (χ3v) is 2.62. The van der Waals surface area contributed by atoms with E-state index >= 15 is 0 Å². The first kappa shape index (κ1) is 12.9. The maximum absolute atomic E-state index is 11.0. The predicted octanol–water partition coefficient (Wildman–Crippen LogP) is 0.934. The Bertz CT molecular complexity index is 200. The Balaban J connectivity index is 4.12. The summed E-state index contributed by atoms with van der Waals surface area (Å²) < 4.78 is 0. The molecule has 0 aromatic carbocycles. The lowest BCUT2D eigenvalue weighted by molar-refractivity contribution is -0.139. The third-order valence-electron chi connectivity index (χ3n) is 2.62. The Morgan fingerprint density at radius 1 is 1.07 bits per heavy atom. The number of hydrogen-bond acceptors (Lipinski definition) is 2. The average Bonchev–Trinajstić information content (AvgIpc) is 2.11. The van der Waals surface area contributed by atoms with Gasteiger partial charge >= 0.3 is 0 Å². The molecule has 4 nitrogen and oxygen atoms in total. The molecule has 0 saturated carbocycles. The summed E-state index contributed by atoms with van der Waals surface area (Å²) in [6, 6.07) is 0. The molecule has 4 heteroatoms. The normalized spacial score (nSPS) is 11.3. The number of hydrogen-bond donors (Lipinski definition) is 2. The number of primary amides is 2. The fourth-order valence-corrected chi connectivity index (χ4v) is 1.27. The highest BCUT2D eigenvalue weighted by Gasteiger charge is 2.36. The molecule has 2 amide bonds. The van der Waals surface area contributed by atoms with Gasteiger partial charge in [-0.1, -0.05) is 32.6 Å². The summed E-state index contributed by atoms with van der Waals surface area (Å²) in [6.45, 7) is 3.62. The molecule has 82 valence electrons. The number of nitrogens with two attached hydrogens (primary N) is 2. The summed E-state index contributed by atoms with van der Waals surface area (Å²) in [5, 5.41) is 0. The number of unbranched alkanes of at least 4 members (excludes halogenated alkanes) is 3. The zero-order chi connectivity index (χ0) is 11.2. The molecule has 0 aliphatic carbocycles. The van der Waals surface area contributed by atoms with Crippen LogP contribution < -0.4 is 11.5 Å². The lowest BCUT2D eigenvalue weighted by Gasteiger charge is -2.21. The van der Waals surface area contributed by atoms with Gasteiger partial charge in [-0.25, -0.2) is 0 Å². The molecular weight excluding hydrogens is 180 g/mol. The van der Waals surface area contributed by atoms with Gasteiger partial charge in [-0.3, -0.25) is 9.59 Å². The molecule has 0 heterocycles. The zero-order valence-electron chi connectivity index (χ0n) is 9.01. The van der Waals surface area contributed by atoms with Crippen LogP contribution in [0.1, 0.15) is 46.0 Å². The maximum Gasteiger partial charge on any atom is 0.232 e. The molecule has 0 aromatic rings. The van der Waals surface area contributed by atoms with E-state index in [1.807, 2.05) is 0 Å². The second-order valence-corrected chi connectivity index (χ2v) is 3.87. The van der Waals surface area contributed by atoms with E-state index in [9.17, 15) is 9.59 Å². The van der Waals surface area contributed by atoms with Crippen LogP contribution >= 0.6 is 0 Å². The molecule has 0 atom stereocenters. The van der Waals surface area contributed by atoms with Gasteiger partial charge in [-0.2, -0.15) is 0 Å². The second kappa shape index (κ2) is 5.62. The van der Waals surface area contributed by atoms with Crippen molar-refractivity contribution in [1.29, 1.82) is 0 Å². The Morgan fingerprint density at radius 2 is 1.57 bits per heavy atom. The van der Waals surface area contributed by atoms with Crippen molar-refractivity contribution in [3.05, 3.63) is 0 Å². The molecule has 0 radical (unpaired) electrons. The van der Waals surface area contributed by atoms with Crippen LogP contribution in [-0.2, 0) is 9.59 Å². The third kappa shape index (κ3) is 3.36. The van der Waals surface area contributed by atoms with Gasteiger partial charge in [-0.05, 0) is 13.3 Å². The van der Waals surface area contributed by atoms with E-state index in [2.05, 4.69) is 6.92 Å². The molecule has 0 rings (SSSR count). The van der Waals surface area contributed by atoms with E-state index in [4.69, 9.17) is 11.5 Å².